The molecule has 1 fully saturated rings. The van der Waals surface area contributed by atoms with Gasteiger partial charge in [0.2, 0.25) is 0 Å². The molecule has 1 aliphatic rings. The average molecular weight is 311 g/mol. The minimum Gasteiger partial charge on any atom is -0.367 e. The van der Waals surface area contributed by atoms with Crippen molar-refractivity contribution in [3.05, 3.63) is 59.4 Å². The Hall–Kier alpha value is -2.40. The highest BCUT2D eigenvalue weighted by atomic mass is 16.1. The fourth-order valence-electron chi connectivity index (χ4n) is 2.94. The fourth-order valence-corrected chi connectivity index (χ4v) is 2.94. The summed E-state index contributed by atoms with van der Waals surface area (Å²) in [7, 11) is 0. The van der Waals surface area contributed by atoms with Gasteiger partial charge in [-0.25, -0.2) is 0 Å². The van der Waals surface area contributed by atoms with E-state index in [0.29, 0.717) is 22.7 Å². The van der Waals surface area contributed by atoms with Gasteiger partial charge in [0.15, 0.2) is 5.78 Å². The Morgan fingerprint density at radius 3 is 2.48 bits per heavy atom. The first-order valence-electron chi connectivity index (χ1n) is 7.95. The molecule has 2 atom stereocenters. The molecule has 0 bridgehead atoms. The number of carbonyl (C=O) groups is 2. The number of carbonyl (C=O) groups excluding carboxylic acids is 2. The second kappa shape index (κ2) is 6.79. The molecular weight excluding hydrogens is 290 g/mol. The Labute approximate surface area is 135 Å². The minimum atomic E-state index is -0.0789. The van der Waals surface area contributed by atoms with Gasteiger partial charge < -0.3 is 15.6 Å². The Balaban J connectivity index is 1.64. The van der Waals surface area contributed by atoms with Crippen LogP contribution in [0.25, 0.3) is 0 Å². The summed E-state index contributed by atoms with van der Waals surface area (Å²) in [5, 5.41) is 6.44. The van der Waals surface area contributed by atoms with Gasteiger partial charge in [-0.05, 0) is 44.5 Å². The predicted molar refractivity (Wildman–Crippen MR) is 88.6 cm³/mol. The summed E-state index contributed by atoms with van der Waals surface area (Å²) in [4.78, 5) is 27.4. The molecule has 0 spiro atoms. The monoisotopic (exact) mass is 311 g/mol. The highest BCUT2D eigenvalue weighted by molar-refractivity contribution is 6.09. The van der Waals surface area contributed by atoms with Crippen molar-refractivity contribution in [1.82, 2.24) is 15.6 Å². The first-order chi connectivity index (χ1) is 11.1. The van der Waals surface area contributed by atoms with Gasteiger partial charge in [-0.3, -0.25) is 9.59 Å². The summed E-state index contributed by atoms with van der Waals surface area (Å²) in [6.07, 6.45) is 5.27. The third-order valence-electron chi connectivity index (χ3n) is 4.23. The number of hydrogen-bond donors (Lipinski definition) is 3. The van der Waals surface area contributed by atoms with Crippen molar-refractivity contribution < 1.29 is 9.59 Å². The fraction of sp³-hybridized carbons (Fsp3) is 0.333. The van der Waals surface area contributed by atoms with Crippen molar-refractivity contribution >= 4 is 11.7 Å². The highest BCUT2D eigenvalue weighted by Gasteiger charge is 2.20. The minimum absolute atomic E-state index is 0.0506. The standard InChI is InChI=1S/C18H21N3O2/c1-12-10-16(7-9-20-12)21-18(23)14-4-2-13(3-5-14)17(22)15-6-8-19-11-15/h2-6,8,11-12,16,19-20H,7,9-10H2,1H3,(H,21,23). The number of aromatic amines is 1. The van der Waals surface area contributed by atoms with Crippen molar-refractivity contribution in [2.75, 3.05) is 6.54 Å². The SMILES string of the molecule is CC1CC(NC(=O)c2ccc(C(=O)c3cc[nH]c3)cc2)CCN1. The van der Waals surface area contributed by atoms with Gasteiger partial charge >= 0.3 is 0 Å². The number of hydrogen-bond acceptors (Lipinski definition) is 3. The van der Waals surface area contributed by atoms with E-state index < -0.39 is 0 Å². The molecule has 2 heterocycles. The molecule has 2 unspecified atom stereocenters. The smallest absolute Gasteiger partial charge is 0.251 e. The molecule has 0 radical (unpaired) electrons. The van der Waals surface area contributed by atoms with Gasteiger partial charge in [0.1, 0.15) is 0 Å². The maximum absolute atomic E-state index is 12.3. The molecule has 1 aromatic carbocycles. The maximum atomic E-state index is 12.3. The molecule has 120 valence electrons. The number of H-pyrrole nitrogens is 1. The topological polar surface area (TPSA) is 74.0 Å². The van der Waals surface area contributed by atoms with Gasteiger partial charge in [0, 0.05) is 41.2 Å². The van der Waals surface area contributed by atoms with E-state index in [0.717, 1.165) is 19.4 Å². The second-order valence-corrected chi connectivity index (χ2v) is 6.06. The maximum Gasteiger partial charge on any atom is 0.251 e. The summed E-state index contributed by atoms with van der Waals surface area (Å²) in [5.41, 5.74) is 1.78. The molecule has 3 rings (SSSR count). The van der Waals surface area contributed by atoms with Crippen LogP contribution in [0.4, 0.5) is 0 Å². The van der Waals surface area contributed by atoms with E-state index in [2.05, 4.69) is 22.5 Å². The average Bonchev–Trinajstić information content (AvgIpc) is 3.09. The second-order valence-electron chi connectivity index (χ2n) is 6.06. The van der Waals surface area contributed by atoms with Crippen LogP contribution in [0.15, 0.2) is 42.7 Å². The summed E-state index contributed by atoms with van der Waals surface area (Å²) in [5.74, 6) is -0.130. The summed E-state index contributed by atoms with van der Waals surface area (Å²) in [6.45, 7) is 3.05. The molecule has 5 nitrogen and oxygen atoms in total. The molecule has 1 aromatic heterocycles. The number of amides is 1. The van der Waals surface area contributed by atoms with E-state index in [1.54, 1.807) is 42.7 Å². The Morgan fingerprint density at radius 2 is 1.83 bits per heavy atom. The third kappa shape index (κ3) is 3.68. The van der Waals surface area contributed by atoms with Crippen molar-refractivity contribution in [3.63, 3.8) is 0 Å². The van der Waals surface area contributed by atoms with Crippen molar-refractivity contribution in [2.24, 2.45) is 0 Å². The Morgan fingerprint density at radius 1 is 1.09 bits per heavy atom. The van der Waals surface area contributed by atoms with Crippen LogP contribution < -0.4 is 10.6 Å². The van der Waals surface area contributed by atoms with Crippen LogP contribution in [0.2, 0.25) is 0 Å². The van der Waals surface area contributed by atoms with Gasteiger partial charge in [-0.1, -0.05) is 12.1 Å². The zero-order valence-electron chi connectivity index (χ0n) is 13.1. The van der Waals surface area contributed by atoms with E-state index in [1.807, 2.05) is 0 Å². The van der Waals surface area contributed by atoms with Gasteiger partial charge in [0.05, 0.1) is 0 Å². The van der Waals surface area contributed by atoms with Crippen LogP contribution in [0, 0.1) is 0 Å². The molecule has 5 heteroatoms. The van der Waals surface area contributed by atoms with Crippen molar-refractivity contribution in [2.45, 2.75) is 31.8 Å². The van der Waals surface area contributed by atoms with Crippen LogP contribution in [0.5, 0.6) is 0 Å². The van der Waals surface area contributed by atoms with E-state index in [1.165, 1.54) is 0 Å². The lowest BCUT2D eigenvalue weighted by molar-refractivity contribution is 0.0924. The number of benzene rings is 1. The van der Waals surface area contributed by atoms with Crippen LogP contribution in [-0.4, -0.2) is 35.3 Å². The lowest BCUT2D eigenvalue weighted by Gasteiger charge is -2.28. The van der Waals surface area contributed by atoms with Crippen LogP contribution in [0.1, 0.15) is 46.0 Å². The molecule has 0 saturated carbocycles. The van der Waals surface area contributed by atoms with E-state index in [4.69, 9.17) is 0 Å². The third-order valence-corrected chi connectivity index (χ3v) is 4.23. The molecule has 1 aliphatic heterocycles. The normalized spacial score (nSPS) is 20.9. The first kappa shape index (κ1) is 15.5. The lowest BCUT2D eigenvalue weighted by atomic mass is 10.00. The van der Waals surface area contributed by atoms with E-state index in [-0.39, 0.29) is 17.7 Å². The van der Waals surface area contributed by atoms with Crippen molar-refractivity contribution in [3.8, 4) is 0 Å². The zero-order valence-corrected chi connectivity index (χ0v) is 13.1. The van der Waals surface area contributed by atoms with E-state index in [9.17, 15) is 9.59 Å². The number of piperidine rings is 1. The van der Waals surface area contributed by atoms with Crippen LogP contribution in [0.3, 0.4) is 0 Å². The molecule has 0 aliphatic carbocycles. The van der Waals surface area contributed by atoms with E-state index >= 15 is 0 Å². The summed E-state index contributed by atoms with van der Waals surface area (Å²) < 4.78 is 0. The van der Waals surface area contributed by atoms with Gasteiger partial charge in [-0.15, -0.1) is 0 Å². The van der Waals surface area contributed by atoms with Crippen molar-refractivity contribution in [1.29, 1.82) is 0 Å². The number of rotatable bonds is 4. The van der Waals surface area contributed by atoms with Gasteiger partial charge in [-0.2, -0.15) is 0 Å². The van der Waals surface area contributed by atoms with Crippen LogP contribution in [-0.2, 0) is 0 Å². The molecule has 1 amide bonds. The number of ketones is 1. The predicted octanol–water partition coefficient (Wildman–Crippen LogP) is 2.12. The Kier molecular flexibility index (Phi) is 4.57. The van der Waals surface area contributed by atoms with Gasteiger partial charge in [0.25, 0.3) is 5.91 Å². The molecule has 1 saturated heterocycles. The summed E-state index contributed by atoms with van der Waals surface area (Å²) in [6, 6.07) is 9.20. The molecule has 2 aromatic rings. The largest absolute Gasteiger partial charge is 0.367 e. The highest BCUT2D eigenvalue weighted by Crippen LogP contribution is 2.12. The Bertz CT molecular complexity index is 677. The quantitative estimate of drug-likeness (QED) is 0.757. The first-order valence-corrected chi connectivity index (χ1v) is 7.95. The summed E-state index contributed by atoms with van der Waals surface area (Å²) >= 11 is 0. The lowest BCUT2D eigenvalue weighted by Crippen LogP contribution is -2.46. The van der Waals surface area contributed by atoms with Crippen LogP contribution >= 0.6 is 0 Å². The number of aromatic nitrogens is 1. The zero-order chi connectivity index (χ0) is 16.2. The molecule has 3 N–H and O–H groups in total. The molecular formula is C18H21N3O2. The molecule has 23 heavy (non-hydrogen) atoms. The number of nitrogens with one attached hydrogen (secondary N) is 3.